The third kappa shape index (κ3) is 3.07. The van der Waals surface area contributed by atoms with E-state index < -0.39 is 0 Å². The van der Waals surface area contributed by atoms with Crippen LogP contribution >= 0.6 is 0 Å². The van der Waals surface area contributed by atoms with Crippen LogP contribution in [-0.4, -0.2) is 6.10 Å². The molecular weight excluding hydrogens is 217 g/mol. The van der Waals surface area contributed by atoms with Gasteiger partial charge in [0, 0.05) is 17.7 Å². The lowest BCUT2D eigenvalue weighted by Crippen LogP contribution is -2.18. The van der Waals surface area contributed by atoms with E-state index in [1.807, 2.05) is 13.0 Å². The number of benzene rings is 1. The van der Waals surface area contributed by atoms with Crippen molar-refractivity contribution < 1.29 is 9.13 Å². The van der Waals surface area contributed by atoms with Gasteiger partial charge in [-0.15, -0.1) is 0 Å². The molecule has 0 radical (unpaired) electrons. The standard InChI is InChI=1S/C14H18FNO/c1-10(16)13-8-7-11(15)9-14(13)17-12-5-3-2-4-6-12/h3,5,7-10,12H,2,4,6,16H2,1H3/t10-,12?/m1/s1. The molecule has 0 saturated carbocycles. The van der Waals surface area contributed by atoms with E-state index in [0.29, 0.717) is 5.75 Å². The van der Waals surface area contributed by atoms with E-state index in [1.165, 1.54) is 12.1 Å². The molecule has 0 saturated heterocycles. The first-order valence-electron chi connectivity index (χ1n) is 6.05. The van der Waals surface area contributed by atoms with Crippen molar-refractivity contribution in [1.29, 1.82) is 0 Å². The third-order valence-electron chi connectivity index (χ3n) is 2.95. The molecule has 0 heterocycles. The summed E-state index contributed by atoms with van der Waals surface area (Å²) in [7, 11) is 0. The largest absolute Gasteiger partial charge is 0.486 e. The van der Waals surface area contributed by atoms with Crippen LogP contribution < -0.4 is 10.5 Å². The maximum atomic E-state index is 13.2. The highest BCUT2D eigenvalue weighted by Gasteiger charge is 2.15. The third-order valence-corrected chi connectivity index (χ3v) is 2.95. The van der Waals surface area contributed by atoms with Crippen molar-refractivity contribution in [1.82, 2.24) is 0 Å². The van der Waals surface area contributed by atoms with E-state index in [9.17, 15) is 4.39 Å². The molecular formula is C14H18FNO. The minimum atomic E-state index is -0.288. The molecule has 0 aromatic heterocycles. The Kier molecular flexibility index (Phi) is 3.79. The summed E-state index contributed by atoms with van der Waals surface area (Å²) >= 11 is 0. The summed E-state index contributed by atoms with van der Waals surface area (Å²) in [5.41, 5.74) is 6.70. The molecule has 1 unspecified atom stereocenters. The van der Waals surface area contributed by atoms with Crippen molar-refractivity contribution in [3.63, 3.8) is 0 Å². The van der Waals surface area contributed by atoms with Gasteiger partial charge in [0.05, 0.1) is 0 Å². The number of nitrogens with two attached hydrogens (primary N) is 1. The van der Waals surface area contributed by atoms with Crippen molar-refractivity contribution >= 4 is 0 Å². The zero-order valence-corrected chi connectivity index (χ0v) is 10.0. The Hall–Kier alpha value is -1.35. The van der Waals surface area contributed by atoms with Crippen LogP contribution in [0.5, 0.6) is 5.75 Å². The molecule has 0 bridgehead atoms. The Balaban J connectivity index is 2.20. The highest BCUT2D eigenvalue weighted by Crippen LogP contribution is 2.27. The van der Waals surface area contributed by atoms with Crippen molar-refractivity contribution in [3.8, 4) is 5.75 Å². The van der Waals surface area contributed by atoms with Crippen molar-refractivity contribution in [2.24, 2.45) is 5.73 Å². The first kappa shape index (κ1) is 12.1. The lowest BCUT2D eigenvalue weighted by atomic mass is 10.0. The molecule has 2 nitrogen and oxygen atoms in total. The van der Waals surface area contributed by atoms with Gasteiger partial charge < -0.3 is 10.5 Å². The smallest absolute Gasteiger partial charge is 0.127 e. The van der Waals surface area contributed by atoms with Crippen molar-refractivity contribution in [2.45, 2.75) is 38.3 Å². The summed E-state index contributed by atoms with van der Waals surface area (Å²) in [4.78, 5) is 0. The van der Waals surface area contributed by atoms with Gasteiger partial charge in [-0.05, 0) is 38.3 Å². The quantitative estimate of drug-likeness (QED) is 0.815. The first-order valence-corrected chi connectivity index (χ1v) is 6.05. The van der Waals surface area contributed by atoms with Crippen LogP contribution in [0.1, 0.15) is 37.8 Å². The van der Waals surface area contributed by atoms with E-state index in [0.717, 1.165) is 24.8 Å². The van der Waals surface area contributed by atoms with Gasteiger partial charge in [-0.1, -0.05) is 12.1 Å². The van der Waals surface area contributed by atoms with Gasteiger partial charge in [-0.3, -0.25) is 0 Å². The summed E-state index contributed by atoms with van der Waals surface area (Å²) in [5, 5.41) is 0. The molecule has 0 aliphatic heterocycles. The minimum absolute atomic E-state index is 0.0445. The molecule has 0 spiro atoms. The van der Waals surface area contributed by atoms with Gasteiger partial charge in [0.1, 0.15) is 17.7 Å². The van der Waals surface area contributed by atoms with E-state index in [1.54, 1.807) is 6.07 Å². The van der Waals surface area contributed by atoms with Gasteiger partial charge in [0.25, 0.3) is 0 Å². The molecule has 1 aromatic carbocycles. The molecule has 2 atom stereocenters. The summed E-state index contributed by atoms with van der Waals surface area (Å²) in [6, 6.07) is 4.38. The van der Waals surface area contributed by atoms with Gasteiger partial charge in [-0.25, -0.2) is 4.39 Å². The fourth-order valence-electron chi connectivity index (χ4n) is 2.03. The second kappa shape index (κ2) is 5.32. The summed E-state index contributed by atoms with van der Waals surface area (Å²) in [6.45, 7) is 1.87. The number of hydrogen-bond acceptors (Lipinski definition) is 2. The average Bonchev–Trinajstić information content (AvgIpc) is 2.30. The van der Waals surface area contributed by atoms with Crippen LogP contribution in [0.3, 0.4) is 0 Å². The van der Waals surface area contributed by atoms with Gasteiger partial charge in [0.15, 0.2) is 0 Å². The van der Waals surface area contributed by atoms with Gasteiger partial charge in [-0.2, -0.15) is 0 Å². The molecule has 1 aliphatic carbocycles. The van der Waals surface area contributed by atoms with Crippen LogP contribution in [0.15, 0.2) is 30.4 Å². The Morgan fingerprint density at radius 2 is 2.29 bits per heavy atom. The van der Waals surface area contributed by atoms with Crippen LogP contribution in [0.2, 0.25) is 0 Å². The van der Waals surface area contributed by atoms with Crippen molar-refractivity contribution in [2.75, 3.05) is 0 Å². The van der Waals surface area contributed by atoms with E-state index in [4.69, 9.17) is 10.5 Å². The van der Waals surface area contributed by atoms with Crippen LogP contribution in [0, 0.1) is 5.82 Å². The maximum Gasteiger partial charge on any atom is 0.127 e. The van der Waals surface area contributed by atoms with Crippen molar-refractivity contribution in [3.05, 3.63) is 41.7 Å². The Bertz CT molecular complexity index is 415. The number of allylic oxidation sites excluding steroid dienone is 1. The average molecular weight is 235 g/mol. The van der Waals surface area contributed by atoms with E-state index >= 15 is 0 Å². The maximum absolute atomic E-state index is 13.2. The minimum Gasteiger partial charge on any atom is -0.486 e. The molecule has 2 rings (SSSR count). The molecule has 2 N–H and O–H groups in total. The highest BCUT2D eigenvalue weighted by atomic mass is 19.1. The van der Waals surface area contributed by atoms with Crippen LogP contribution in [0.4, 0.5) is 4.39 Å². The number of ether oxygens (including phenoxy) is 1. The zero-order valence-electron chi connectivity index (χ0n) is 10.0. The normalized spacial score (nSPS) is 21.2. The lowest BCUT2D eigenvalue weighted by molar-refractivity contribution is 0.226. The highest BCUT2D eigenvalue weighted by molar-refractivity contribution is 5.36. The lowest BCUT2D eigenvalue weighted by Gasteiger charge is -2.21. The Morgan fingerprint density at radius 3 is 2.94 bits per heavy atom. The first-order chi connectivity index (χ1) is 8.16. The monoisotopic (exact) mass is 235 g/mol. The molecule has 0 amide bonds. The summed E-state index contributed by atoms with van der Waals surface area (Å²) in [5.74, 6) is 0.278. The molecule has 0 fully saturated rings. The fraction of sp³-hybridized carbons (Fsp3) is 0.429. The Labute approximate surface area is 101 Å². The SMILES string of the molecule is C[C@@H](N)c1ccc(F)cc1OC1C=CCCC1. The second-order valence-corrected chi connectivity index (χ2v) is 4.49. The number of halogens is 1. The van der Waals surface area contributed by atoms with Gasteiger partial charge in [0.2, 0.25) is 0 Å². The number of hydrogen-bond donors (Lipinski definition) is 1. The molecule has 1 aliphatic rings. The molecule has 1 aromatic rings. The van der Waals surface area contributed by atoms with Crippen LogP contribution in [0.25, 0.3) is 0 Å². The van der Waals surface area contributed by atoms with Crippen LogP contribution in [-0.2, 0) is 0 Å². The van der Waals surface area contributed by atoms with Gasteiger partial charge >= 0.3 is 0 Å². The number of rotatable bonds is 3. The fourth-order valence-corrected chi connectivity index (χ4v) is 2.03. The summed E-state index contributed by atoms with van der Waals surface area (Å²) in [6.07, 6.45) is 7.39. The van der Waals surface area contributed by atoms with E-state index in [-0.39, 0.29) is 18.0 Å². The molecule has 3 heteroatoms. The predicted molar refractivity (Wildman–Crippen MR) is 66.4 cm³/mol. The predicted octanol–water partition coefficient (Wildman–Crippen LogP) is 3.33. The topological polar surface area (TPSA) is 35.2 Å². The molecule has 17 heavy (non-hydrogen) atoms. The summed E-state index contributed by atoms with van der Waals surface area (Å²) < 4.78 is 19.0. The second-order valence-electron chi connectivity index (χ2n) is 4.49. The zero-order chi connectivity index (χ0) is 12.3. The Morgan fingerprint density at radius 1 is 1.47 bits per heavy atom. The molecule has 92 valence electrons. The van der Waals surface area contributed by atoms with E-state index in [2.05, 4.69) is 6.08 Å².